The second kappa shape index (κ2) is 6.54. The predicted octanol–water partition coefficient (Wildman–Crippen LogP) is 2.27. The van der Waals surface area contributed by atoms with E-state index in [4.69, 9.17) is 0 Å². The van der Waals surface area contributed by atoms with E-state index in [1.165, 1.54) is 0 Å². The van der Waals surface area contributed by atoms with Crippen molar-refractivity contribution >= 4 is 10.0 Å². The molecule has 3 rings (SSSR count). The van der Waals surface area contributed by atoms with Crippen molar-refractivity contribution in [3.05, 3.63) is 65.0 Å². The lowest BCUT2D eigenvalue weighted by Crippen LogP contribution is -2.38. The molecule has 128 valence electrons. The van der Waals surface area contributed by atoms with Gasteiger partial charge in [0.05, 0.1) is 4.90 Å². The van der Waals surface area contributed by atoms with Crippen molar-refractivity contribution in [2.45, 2.75) is 17.4 Å². The third-order valence-corrected chi connectivity index (χ3v) is 5.36. The van der Waals surface area contributed by atoms with Gasteiger partial charge >= 0.3 is 0 Å². The first-order valence-electron chi connectivity index (χ1n) is 7.34. The molecule has 4 nitrogen and oxygen atoms in total. The van der Waals surface area contributed by atoms with Crippen molar-refractivity contribution < 1.29 is 21.6 Å². The Morgan fingerprint density at radius 2 is 1.79 bits per heavy atom. The van der Waals surface area contributed by atoms with E-state index < -0.39 is 32.4 Å². The fraction of sp³-hybridized carbons (Fsp3) is 0.250. The number of sulfonamides is 1. The zero-order chi connectivity index (χ0) is 17.3. The van der Waals surface area contributed by atoms with Crippen LogP contribution in [0.3, 0.4) is 0 Å². The average Bonchev–Trinajstić information content (AvgIpc) is 2.57. The van der Waals surface area contributed by atoms with Gasteiger partial charge in [0.2, 0.25) is 10.0 Å². The molecule has 0 radical (unpaired) electrons. The molecule has 2 aromatic carbocycles. The highest BCUT2D eigenvalue weighted by Crippen LogP contribution is 2.23. The molecular formula is C16H15F3N2O2S. The molecule has 8 heteroatoms. The monoisotopic (exact) mass is 356 g/mol. The Kier molecular flexibility index (Phi) is 4.62. The summed E-state index contributed by atoms with van der Waals surface area (Å²) in [5.74, 6) is -4.79. The van der Waals surface area contributed by atoms with Crippen LogP contribution < -0.4 is 10.0 Å². The zero-order valence-corrected chi connectivity index (χ0v) is 13.3. The van der Waals surface area contributed by atoms with Gasteiger partial charge in [0.1, 0.15) is 0 Å². The Balaban J connectivity index is 1.80. The Bertz CT molecular complexity index is 848. The van der Waals surface area contributed by atoms with E-state index in [1.54, 1.807) is 0 Å². The molecule has 0 bridgehead atoms. The fourth-order valence-corrected chi connectivity index (χ4v) is 3.81. The van der Waals surface area contributed by atoms with Crippen LogP contribution in [0.2, 0.25) is 0 Å². The van der Waals surface area contributed by atoms with E-state index in [1.807, 2.05) is 24.3 Å². The minimum atomic E-state index is -4.16. The molecule has 0 saturated heterocycles. The van der Waals surface area contributed by atoms with Crippen LogP contribution in [0.25, 0.3) is 0 Å². The molecule has 1 aliphatic heterocycles. The largest absolute Gasteiger partial charge is 0.308 e. The molecule has 2 aromatic rings. The molecule has 1 atom stereocenters. The Morgan fingerprint density at radius 1 is 1.12 bits per heavy atom. The van der Waals surface area contributed by atoms with E-state index in [2.05, 4.69) is 10.0 Å². The maximum atomic E-state index is 13.2. The van der Waals surface area contributed by atoms with E-state index in [0.29, 0.717) is 18.7 Å². The standard InChI is InChI=1S/C16H15F3N2O2S/c17-13-7-11(8-14(18)16(13)19)24(22,23)21-9-15-12-4-2-1-3-10(12)5-6-20-15/h1-4,7-8,15,20-21H,5-6,9H2. The summed E-state index contributed by atoms with van der Waals surface area (Å²) in [5, 5.41) is 3.20. The first-order valence-corrected chi connectivity index (χ1v) is 8.82. The van der Waals surface area contributed by atoms with Gasteiger partial charge in [-0.1, -0.05) is 24.3 Å². The lowest BCUT2D eigenvalue weighted by Gasteiger charge is -2.27. The Labute approximate surface area is 137 Å². The number of nitrogens with one attached hydrogen (secondary N) is 2. The highest BCUT2D eigenvalue weighted by atomic mass is 32.2. The molecule has 0 amide bonds. The SMILES string of the molecule is O=S(=O)(NCC1NCCc2ccccc21)c1cc(F)c(F)c(F)c1. The van der Waals surface area contributed by atoms with Crippen molar-refractivity contribution in [3.8, 4) is 0 Å². The predicted molar refractivity (Wildman–Crippen MR) is 82.4 cm³/mol. The van der Waals surface area contributed by atoms with E-state index in [-0.39, 0.29) is 12.6 Å². The van der Waals surface area contributed by atoms with Gasteiger partial charge in [-0.25, -0.2) is 26.3 Å². The van der Waals surface area contributed by atoms with Crippen molar-refractivity contribution in [1.82, 2.24) is 10.0 Å². The van der Waals surface area contributed by atoms with Crippen molar-refractivity contribution in [2.75, 3.05) is 13.1 Å². The van der Waals surface area contributed by atoms with E-state index in [0.717, 1.165) is 17.5 Å². The zero-order valence-electron chi connectivity index (χ0n) is 12.5. The smallest absolute Gasteiger partial charge is 0.240 e. The van der Waals surface area contributed by atoms with Crippen LogP contribution in [-0.2, 0) is 16.4 Å². The molecule has 0 fully saturated rings. The van der Waals surface area contributed by atoms with E-state index >= 15 is 0 Å². The third kappa shape index (κ3) is 3.31. The number of halogens is 3. The topological polar surface area (TPSA) is 58.2 Å². The first-order chi connectivity index (χ1) is 11.4. The average molecular weight is 356 g/mol. The van der Waals surface area contributed by atoms with E-state index in [9.17, 15) is 21.6 Å². The maximum Gasteiger partial charge on any atom is 0.240 e. The van der Waals surface area contributed by atoms with Gasteiger partial charge in [0.15, 0.2) is 17.5 Å². The van der Waals surface area contributed by atoms with Gasteiger partial charge in [-0.3, -0.25) is 0 Å². The van der Waals surface area contributed by atoms with Gasteiger partial charge < -0.3 is 5.32 Å². The van der Waals surface area contributed by atoms with Crippen LogP contribution >= 0.6 is 0 Å². The van der Waals surface area contributed by atoms with Crippen LogP contribution in [0.5, 0.6) is 0 Å². The summed E-state index contributed by atoms with van der Waals surface area (Å²) in [7, 11) is -4.16. The minimum absolute atomic E-state index is 0.0139. The summed E-state index contributed by atoms with van der Waals surface area (Å²) in [5.41, 5.74) is 2.10. The molecule has 0 saturated carbocycles. The molecule has 1 unspecified atom stereocenters. The van der Waals surface area contributed by atoms with Crippen LogP contribution in [-0.4, -0.2) is 21.5 Å². The van der Waals surface area contributed by atoms with Crippen LogP contribution in [0.4, 0.5) is 13.2 Å². The summed E-state index contributed by atoms with van der Waals surface area (Å²) in [6.07, 6.45) is 0.841. The lowest BCUT2D eigenvalue weighted by atomic mass is 9.95. The van der Waals surface area contributed by atoms with Gasteiger partial charge in [-0.2, -0.15) is 0 Å². The fourth-order valence-electron chi connectivity index (χ4n) is 2.74. The van der Waals surface area contributed by atoms with Gasteiger partial charge in [-0.05, 0) is 36.2 Å². The highest BCUT2D eigenvalue weighted by Gasteiger charge is 2.24. The third-order valence-electron chi connectivity index (χ3n) is 3.96. The Hall–Kier alpha value is -1.90. The summed E-state index contributed by atoms with van der Waals surface area (Å²) >= 11 is 0. The second-order valence-electron chi connectivity index (χ2n) is 5.51. The number of hydrogen-bond donors (Lipinski definition) is 2. The van der Waals surface area contributed by atoms with Gasteiger partial charge in [0, 0.05) is 12.6 Å². The van der Waals surface area contributed by atoms with Crippen LogP contribution in [0.15, 0.2) is 41.3 Å². The van der Waals surface area contributed by atoms with Crippen molar-refractivity contribution in [1.29, 1.82) is 0 Å². The van der Waals surface area contributed by atoms with Gasteiger partial charge in [-0.15, -0.1) is 0 Å². The normalized spacial score (nSPS) is 17.5. The first kappa shape index (κ1) is 16.9. The summed E-state index contributed by atoms with van der Waals surface area (Å²) in [6.45, 7) is 0.711. The molecule has 2 N–H and O–H groups in total. The number of fused-ring (bicyclic) bond motifs is 1. The van der Waals surface area contributed by atoms with Crippen LogP contribution in [0, 0.1) is 17.5 Å². The summed E-state index contributed by atoms with van der Waals surface area (Å²) in [6, 6.07) is 8.32. The van der Waals surface area contributed by atoms with Crippen molar-refractivity contribution in [2.24, 2.45) is 0 Å². The molecule has 0 aromatic heterocycles. The minimum Gasteiger partial charge on any atom is -0.308 e. The molecule has 1 aliphatic rings. The molecule has 24 heavy (non-hydrogen) atoms. The summed E-state index contributed by atoms with van der Waals surface area (Å²) in [4.78, 5) is -0.650. The molecule has 0 spiro atoms. The summed E-state index contributed by atoms with van der Waals surface area (Å²) < 4.78 is 66.2. The van der Waals surface area contributed by atoms with Crippen LogP contribution in [0.1, 0.15) is 17.2 Å². The molecule has 1 heterocycles. The van der Waals surface area contributed by atoms with Gasteiger partial charge in [0.25, 0.3) is 0 Å². The number of rotatable bonds is 4. The highest BCUT2D eigenvalue weighted by molar-refractivity contribution is 7.89. The Morgan fingerprint density at radius 3 is 2.50 bits per heavy atom. The van der Waals surface area contributed by atoms with Crippen molar-refractivity contribution in [3.63, 3.8) is 0 Å². The lowest BCUT2D eigenvalue weighted by molar-refractivity contribution is 0.441. The molecule has 0 aliphatic carbocycles. The number of hydrogen-bond acceptors (Lipinski definition) is 3. The quantitative estimate of drug-likeness (QED) is 0.827. The maximum absolute atomic E-state index is 13.2. The molecular weight excluding hydrogens is 341 g/mol. The second-order valence-corrected chi connectivity index (χ2v) is 7.28. The number of benzene rings is 2.